The maximum Gasteiger partial charge on any atom is 0.430 e. The quantitative estimate of drug-likeness (QED) is 0.135. The summed E-state index contributed by atoms with van der Waals surface area (Å²) in [6.45, 7) is 2.47. The number of carbonyl (C=O) groups is 1. The van der Waals surface area contributed by atoms with Crippen LogP contribution >= 0.6 is 0 Å². The SMILES string of the molecule is CCCCCCCCCCCCCCCCC[C@@H]1c2[nH]c3ccccc3c2CCN1C(=O)[C@](OC)(c1ccccc1)C(F)(F)F. The van der Waals surface area contributed by atoms with E-state index in [4.69, 9.17) is 4.74 Å². The number of benzene rings is 2. The first kappa shape index (κ1) is 35.1. The van der Waals surface area contributed by atoms with Gasteiger partial charge < -0.3 is 14.6 Å². The van der Waals surface area contributed by atoms with Crippen LogP contribution in [0.4, 0.5) is 13.2 Å². The van der Waals surface area contributed by atoms with E-state index >= 15 is 0 Å². The van der Waals surface area contributed by atoms with Crippen molar-refractivity contribution in [1.29, 1.82) is 0 Å². The predicted octanol–water partition coefficient (Wildman–Crippen LogP) is 11.0. The Bertz CT molecular complexity index is 1310. The number of hydrogen-bond donors (Lipinski definition) is 1. The van der Waals surface area contributed by atoms with E-state index in [-0.39, 0.29) is 12.1 Å². The molecule has 0 radical (unpaired) electrons. The smallest absolute Gasteiger partial charge is 0.356 e. The van der Waals surface area contributed by atoms with E-state index < -0.39 is 23.7 Å². The van der Waals surface area contributed by atoms with Crippen molar-refractivity contribution in [3.8, 4) is 0 Å². The van der Waals surface area contributed by atoms with Crippen molar-refractivity contribution in [2.75, 3.05) is 13.7 Å². The molecule has 2 aromatic carbocycles. The second kappa shape index (κ2) is 17.2. The molecule has 4 rings (SSSR count). The van der Waals surface area contributed by atoms with Gasteiger partial charge in [-0.15, -0.1) is 0 Å². The number of alkyl halides is 3. The number of ether oxygens (including phenoxy) is 1. The highest BCUT2D eigenvalue weighted by Gasteiger charge is 2.64. The number of aromatic nitrogens is 1. The summed E-state index contributed by atoms with van der Waals surface area (Å²) in [4.78, 5) is 19.1. The fraction of sp³-hybridized carbons (Fsp3) is 0.605. The summed E-state index contributed by atoms with van der Waals surface area (Å²) >= 11 is 0. The molecular formula is C38H53F3N2O2. The normalized spacial score (nSPS) is 16.6. The van der Waals surface area contributed by atoms with Crippen LogP contribution in [-0.4, -0.2) is 35.6 Å². The number of rotatable bonds is 19. The van der Waals surface area contributed by atoms with Gasteiger partial charge in [-0.3, -0.25) is 4.79 Å². The highest BCUT2D eigenvalue weighted by molar-refractivity contribution is 5.90. The first-order valence-corrected chi connectivity index (χ1v) is 17.4. The molecule has 45 heavy (non-hydrogen) atoms. The minimum atomic E-state index is -4.93. The third-order valence-electron chi connectivity index (χ3n) is 9.69. The Balaban J connectivity index is 1.37. The van der Waals surface area contributed by atoms with E-state index in [0.29, 0.717) is 12.8 Å². The van der Waals surface area contributed by atoms with E-state index in [9.17, 15) is 18.0 Å². The highest BCUT2D eigenvalue weighted by atomic mass is 19.4. The Kier molecular flexibility index (Phi) is 13.4. The van der Waals surface area contributed by atoms with E-state index in [1.807, 2.05) is 24.3 Å². The second-order valence-electron chi connectivity index (χ2n) is 12.8. The average molecular weight is 627 g/mol. The molecule has 2 heterocycles. The van der Waals surface area contributed by atoms with Gasteiger partial charge in [-0.05, 0) is 24.5 Å². The van der Waals surface area contributed by atoms with Crippen LogP contribution in [0.25, 0.3) is 10.9 Å². The molecule has 0 saturated carbocycles. The Labute approximate surface area is 268 Å². The van der Waals surface area contributed by atoms with Gasteiger partial charge in [0, 0.05) is 35.8 Å². The lowest BCUT2D eigenvalue weighted by atomic mass is 9.87. The number of hydrogen-bond acceptors (Lipinski definition) is 2. The number of aromatic amines is 1. The zero-order chi connectivity index (χ0) is 32.1. The Morgan fingerprint density at radius 1 is 0.800 bits per heavy atom. The van der Waals surface area contributed by atoms with Crippen molar-refractivity contribution in [3.05, 3.63) is 71.4 Å². The van der Waals surface area contributed by atoms with Gasteiger partial charge in [0.2, 0.25) is 0 Å². The third kappa shape index (κ3) is 8.52. The van der Waals surface area contributed by atoms with Gasteiger partial charge in [0.25, 0.3) is 11.5 Å². The van der Waals surface area contributed by atoms with Gasteiger partial charge in [0.1, 0.15) is 0 Å². The molecule has 0 saturated heterocycles. The number of unbranched alkanes of at least 4 members (excludes halogenated alkanes) is 14. The molecule has 0 aliphatic carbocycles. The lowest BCUT2D eigenvalue weighted by molar-refractivity contribution is -0.271. The molecule has 0 fully saturated rings. The number of para-hydroxylation sites is 1. The van der Waals surface area contributed by atoms with Crippen LogP contribution in [0.3, 0.4) is 0 Å². The molecule has 3 aromatic rings. The number of H-pyrrole nitrogens is 1. The van der Waals surface area contributed by atoms with E-state index in [1.165, 1.54) is 106 Å². The highest BCUT2D eigenvalue weighted by Crippen LogP contribution is 2.46. The Hall–Kier alpha value is -2.80. The van der Waals surface area contributed by atoms with Crippen molar-refractivity contribution in [1.82, 2.24) is 9.88 Å². The van der Waals surface area contributed by atoms with E-state index in [1.54, 1.807) is 6.07 Å². The molecule has 248 valence electrons. The van der Waals surface area contributed by atoms with Crippen molar-refractivity contribution >= 4 is 16.8 Å². The molecule has 1 aromatic heterocycles. The van der Waals surface area contributed by atoms with Crippen LogP contribution in [0.1, 0.15) is 133 Å². The maximum atomic E-state index is 14.9. The van der Waals surface area contributed by atoms with Gasteiger partial charge >= 0.3 is 6.18 Å². The van der Waals surface area contributed by atoms with Gasteiger partial charge in [-0.1, -0.05) is 152 Å². The summed E-state index contributed by atoms with van der Waals surface area (Å²) < 4.78 is 49.8. The summed E-state index contributed by atoms with van der Waals surface area (Å²) in [5.41, 5.74) is -0.337. The number of amides is 1. The molecule has 4 nitrogen and oxygen atoms in total. The summed E-state index contributed by atoms with van der Waals surface area (Å²) in [6.07, 6.45) is 14.9. The molecule has 0 bridgehead atoms. The van der Waals surface area contributed by atoms with E-state index in [2.05, 4.69) is 11.9 Å². The monoisotopic (exact) mass is 626 g/mol. The Morgan fingerprint density at radius 2 is 1.33 bits per heavy atom. The van der Waals surface area contributed by atoms with Gasteiger partial charge in [-0.2, -0.15) is 13.2 Å². The fourth-order valence-corrected chi connectivity index (χ4v) is 7.18. The van der Waals surface area contributed by atoms with Gasteiger partial charge in [-0.25, -0.2) is 0 Å². The van der Waals surface area contributed by atoms with Crippen molar-refractivity contribution in [2.24, 2.45) is 0 Å². The fourth-order valence-electron chi connectivity index (χ4n) is 7.18. The molecule has 1 aliphatic heterocycles. The minimum Gasteiger partial charge on any atom is -0.356 e. The maximum absolute atomic E-state index is 14.9. The van der Waals surface area contributed by atoms with Crippen LogP contribution in [0.5, 0.6) is 0 Å². The second-order valence-corrected chi connectivity index (χ2v) is 12.8. The molecule has 0 spiro atoms. The number of nitrogens with zero attached hydrogens (tertiary/aromatic N) is 1. The minimum absolute atomic E-state index is 0.196. The summed E-state index contributed by atoms with van der Waals surface area (Å²) in [7, 11) is 0.986. The van der Waals surface area contributed by atoms with E-state index in [0.717, 1.165) is 48.5 Å². The molecule has 0 unspecified atom stereocenters. The molecule has 2 atom stereocenters. The molecule has 1 aliphatic rings. The summed E-state index contributed by atoms with van der Waals surface area (Å²) in [5.74, 6) is -1.04. The zero-order valence-electron chi connectivity index (χ0n) is 27.4. The number of halogens is 3. The molecule has 1 amide bonds. The van der Waals surface area contributed by atoms with Crippen molar-refractivity contribution in [3.63, 3.8) is 0 Å². The molecule has 7 heteroatoms. The van der Waals surface area contributed by atoms with Crippen molar-refractivity contribution < 1.29 is 22.7 Å². The third-order valence-corrected chi connectivity index (χ3v) is 9.69. The van der Waals surface area contributed by atoms with Crippen LogP contribution in [0.15, 0.2) is 54.6 Å². The van der Waals surface area contributed by atoms with Crippen LogP contribution in [-0.2, 0) is 21.6 Å². The van der Waals surface area contributed by atoms with Crippen LogP contribution < -0.4 is 0 Å². The lowest BCUT2D eigenvalue weighted by Gasteiger charge is -2.43. The standard InChI is InChI=1S/C38H53F3N2O2/c1-3-4-5-6-7-8-9-10-11-12-13-14-15-16-20-27-34-35-32(31-25-21-22-26-33(31)42-35)28-29-43(34)36(44)37(45-2,38(39,40)41)30-23-18-17-19-24-30/h17-19,21-26,34,42H,3-16,20,27-29H2,1-2H3/t34-,37-/m1/s1. The predicted molar refractivity (Wildman–Crippen MR) is 177 cm³/mol. The average Bonchev–Trinajstić information content (AvgIpc) is 3.42. The van der Waals surface area contributed by atoms with Crippen LogP contribution in [0, 0.1) is 0 Å². The number of methoxy groups -OCH3 is 1. The number of nitrogens with one attached hydrogen (secondary N) is 1. The number of carbonyl (C=O) groups excluding carboxylic acids is 1. The Morgan fingerprint density at radius 3 is 1.89 bits per heavy atom. The topological polar surface area (TPSA) is 45.3 Å². The zero-order valence-corrected chi connectivity index (χ0v) is 27.4. The lowest BCUT2D eigenvalue weighted by Crippen LogP contribution is -2.58. The molecule has 1 N–H and O–H groups in total. The summed E-state index contributed by atoms with van der Waals surface area (Å²) in [6, 6.07) is 14.8. The number of fused-ring (bicyclic) bond motifs is 3. The largest absolute Gasteiger partial charge is 0.430 e. The summed E-state index contributed by atoms with van der Waals surface area (Å²) in [5, 5.41) is 1.08. The van der Waals surface area contributed by atoms with Crippen molar-refractivity contribution in [2.45, 2.75) is 134 Å². The van der Waals surface area contributed by atoms with Crippen LogP contribution in [0.2, 0.25) is 0 Å². The van der Waals surface area contributed by atoms with Gasteiger partial charge in [0.15, 0.2) is 0 Å². The van der Waals surface area contributed by atoms with Gasteiger partial charge in [0.05, 0.1) is 6.04 Å². The molecular weight excluding hydrogens is 573 g/mol. The first-order chi connectivity index (χ1) is 21.8. The first-order valence-electron chi connectivity index (χ1n) is 17.4.